The Morgan fingerprint density at radius 1 is 1.10 bits per heavy atom. The normalized spacial score (nSPS) is 9.76. The summed E-state index contributed by atoms with van der Waals surface area (Å²) in [6.45, 7) is 0. The van der Waals surface area contributed by atoms with Crippen LogP contribution in [0.5, 0.6) is 5.75 Å². The molecule has 21 heavy (non-hydrogen) atoms. The van der Waals surface area contributed by atoms with E-state index < -0.39 is 4.92 Å². The summed E-state index contributed by atoms with van der Waals surface area (Å²) in [7, 11) is 1.55. The van der Waals surface area contributed by atoms with Crippen molar-refractivity contribution in [1.29, 1.82) is 0 Å². The molecule has 0 amide bonds. The number of nitrogens with one attached hydrogen (secondary N) is 2. The molecule has 7 heteroatoms. The van der Waals surface area contributed by atoms with Gasteiger partial charge in [-0.3, -0.25) is 10.1 Å². The van der Waals surface area contributed by atoms with Crippen LogP contribution in [0.3, 0.4) is 0 Å². The third-order valence-corrected chi connectivity index (χ3v) is 2.91. The van der Waals surface area contributed by atoms with E-state index in [9.17, 15) is 10.1 Å². The fourth-order valence-electron chi connectivity index (χ4n) is 1.76. The topological polar surface area (TPSA) is 76.4 Å². The molecular weight excluding hydrogens is 290 g/mol. The van der Waals surface area contributed by atoms with E-state index in [1.807, 2.05) is 12.1 Å². The summed E-state index contributed by atoms with van der Waals surface area (Å²) in [5, 5.41) is 17.0. The molecule has 0 radical (unpaired) electrons. The first kappa shape index (κ1) is 14.7. The summed E-state index contributed by atoms with van der Waals surface area (Å²) in [4.78, 5) is 10.5. The molecule has 0 heterocycles. The maximum Gasteiger partial charge on any atom is 0.292 e. The van der Waals surface area contributed by atoms with Gasteiger partial charge in [0.2, 0.25) is 0 Å². The second kappa shape index (κ2) is 6.67. The number of para-hydroxylation sites is 4. The maximum atomic E-state index is 10.9. The molecule has 0 saturated heterocycles. The number of anilines is 2. The number of ether oxygens (including phenoxy) is 1. The lowest BCUT2D eigenvalue weighted by Gasteiger charge is -2.13. The molecule has 108 valence electrons. The minimum atomic E-state index is -0.464. The first-order valence-electron chi connectivity index (χ1n) is 6.06. The monoisotopic (exact) mass is 303 g/mol. The predicted octanol–water partition coefficient (Wildman–Crippen LogP) is 3.41. The summed E-state index contributed by atoms with van der Waals surface area (Å²) in [5.41, 5.74) is 0.965. The van der Waals surface area contributed by atoms with E-state index in [0.717, 1.165) is 0 Å². The van der Waals surface area contributed by atoms with Crippen LogP contribution in [0.2, 0.25) is 0 Å². The fraction of sp³-hybridized carbons (Fsp3) is 0.0714. The smallest absolute Gasteiger partial charge is 0.292 e. The molecule has 0 bridgehead atoms. The minimum Gasteiger partial charge on any atom is -0.495 e. The van der Waals surface area contributed by atoms with Crippen LogP contribution in [0.25, 0.3) is 0 Å². The van der Waals surface area contributed by atoms with Gasteiger partial charge in [-0.05, 0) is 30.4 Å². The van der Waals surface area contributed by atoms with Gasteiger partial charge >= 0.3 is 0 Å². The van der Waals surface area contributed by atoms with E-state index in [0.29, 0.717) is 17.1 Å². The van der Waals surface area contributed by atoms with Crippen molar-refractivity contribution in [3.05, 3.63) is 58.6 Å². The molecule has 0 saturated carbocycles. The lowest BCUT2D eigenvalue weighted by Crippen LogP contribution is -2.20. The van der Waals surface area contributed by atoms with Gasteiger partial charge in [0.05, 0.1) is 17.7 Å². The predicted molar refractivity (Wildman–Crippen MR) is 85.9 cm³/mol. The van der Waals surface area contributed by atoms with Gasteiger partial charge in [-0.15, -0.1) is 0 Å². The Kier molecular flexibility index (Phi) is 4.68. The minimum absolute atomic E-state index is 0.0401. The first-order chi connectivity index (χ1) is 10.1. The zero-order valence-electron chi connectivity index (χ0n) is 11.2. The molecule has 0 aliphatic rings. The zero-order valence-corrected chi connectivity index (χ0v) is 12.0. The van der Waals surface area contributed by atoms with E-state index in [2.05, 4.69) is 10.6 Å². The Morgan fingerprint density at radius 3 is 2.33 bits per heavy atom. The van der Waals surface area contributed by atoms with E-state index in [-0.39, 0.29) is 10.8 Å². The van der Waals surface area contributed by atoms with Crippen molar-refractivity contribution in [1.82, 2.24) is 0 Å². The van der Waals surface area contributed by atoms with Crippen LogP contribution in [0.15, 0.2) is 48.5 Å². The van der Waals surface area contributed by atoms with Crippen molar-refractivity contribution >= 4 is 34.4 Å². The summed E-state index contributed by atoms with van der Waals surface area (Å²) >= 11 is 5.17. The van der Waals surface area contributed by atoms with Gasteiger partial charge in [-0.2, -0.15) is 0 Å². The number of nitro benzene ring substituents is 1. The van der Waals surface area contributed by atoms with Crippen molar-refractivity contribution in [2.75, 3.05) is 17.7 Å². The highest BCUT2D eigenvalue weighted by molar-refractivity contribution is 7.80. The number of benzene rings is 2. The molecule has 0 aliphatic carbocycles. The Morgan fingerprint density at radius 2 is 1.67 bits per heavy atom. The Balaban J connectivity index is 2.14. The van der Waals surface area contributed by atoms with E-state index >= 15 is 0 Å². The Hall–Kier alpha value is -2.67. The first-order valence-corrected chi connectivity index (χ1v) is 6.47. The van der Waals surface area contributed by atoms with Gasteiger partial charge in [-0.1, -0.05) is 24.3 Å². The second-order valence-corrected chi connectivity index (χ2v) is 4.46. The number of methoxy groups -OCH3 is 1. The van der Waals surface area contributed by atoms with Crippen molar-refractivity contribution in [3.8, 4) is 5.75 Å². The number of hydrogen-bond acceptors (Lipinski definition) is 4. The Bertz CT molecular complexity index is 676. The van der Waals surface area contributed by atoms with Crippen LogP contribution in [0.1, 0.15) is 0 Å². The summed E-state index contributed by atoms with van der Waals surface area (Å²) < 4.78 is 5.20. The number of thiocarbonyl (C=S) groups is 1. The molecular formula is C14H13N3O3S. The molecule has 0 fully saturated rings. The molecule has 0 spiro atoms. The largest absolute Gasteiger partial charge is 0.495 e. The van der Waals surface area contributed by atoms with Crippen LogP contribution < -0.4 is 15.4 Å². The third-order valence-electron chi connectivity index (χ3n) is 2.70. The number of hydrogen-bond donors (Lipinski definition) is 2. The van der Waals surface area contributed by atoms with Crippen LogP contribution >= 0.6 is 12.2 Å². The van der Waals surface area contributed by atoms with Gasteiger partial charge < -0.3 is 15.4 Å². The highest BCUT2D eigenvalue weighted by atomic mass is 32.1. The molecule has 0 atom stereocenters. The molecule has 2 N–H and O–H groups in total. The van der Waals surface area contributed by atoms with E-state index in [4.69, 9.17) is 17.0 Å². The van der Waals surface area contributed by atoms with Crippen LogP contribution in [0.4, 0.5) is 17.1 Å². The standard InChI is InChI=1S/C14H13N3O3S/c1-20-13-9-5-3-7-11(13)16-14(21)15-10-6-2-4-8-12(10)17(18)19/h2-9H,1H3,(H2,15,16,21). The SMILES string of the molecule is COc1ccccc1NC(=S)Nc1ccccc1[N+](=O)[O-]. The average Bonchev–Trinajstić information content (AvgIpc) is 2.48. The lowest BCUT2D eigenvalue weighted by atomic mass is 10.2. The van der Waals surface area contributed by atoms with Crippen molar-refractivity contribution in [2.45, 2.75) is 0 Å². The van der Waals surface area contributed by atoms with Crippen LogP contribution in [0, 0.1) is 10.1 Å². The van der Waals surface area contributed by atoms with Gasteiger partial charge in [0.25, 0.3) is 5.69 Å². The molecule has 0 aliphatic heterocycles. The van der Waals surface area contributed by atoms with Gasteiger partial charge in [-0.25, -0.2) is 0 Å². The maximum absolute atomic E-state index is 10.9. The van der Waals surface area contributed by atoms with Crippen LogP contribution in [-0.4, -0.2) is 17.1 Å². The number of nitrogens with zero attached hydrogens (tertiary/aromatic N) is 1. The summed E-state index contributed by atoms with van der Waals surface area (Å²) in [5.74, 6) is 0.629. The zero-order chi connectivity index (χ0) is 15.2. The molecule has 2 rings (SSSR count). The van der Waals surface area contributed by atoms with Crippen molar-refractivity contribution in [3.63, 3.8) is 0 Å². The molecule has 2 aromatic carbocycles. The summed E-state index contributed by atoms with van der Waals surface area (Å²) in [6.07, 6.45) is 0. The highest BCUT2D eigenvalue weighted by Gasteiger charge is 2.13. The molecule has 0 aromatic heterocycles. The highest BCUT2D eigenvalue weighted by Crippen LogP contribution is 2.25. The third kappa shape index (κ3) is 3.67. The Labute approximate surface area is 126 Å². The number of rotatable bonds is 4. The van der Waals surface area contributed by atoms with E-state index in [1.54, 1.807) is 37.4 Å². The van der Waals surface area contributed by atoms with Crippen LogP contribution in [-0.2, 0) is 0 Å². The molecule has 2 aromatic rings. The number of nitro groups is 1. The van der Waals surface area contributed by atoms with E-state index in [1.165, 1.54) is 6.07 Å². The average molecular weight is 303 g/mol. The fourth-order valence-corrected chi connectivity index (χ4v) is 1.98. The summed E-state index contributed by atoms with van der Waals surface area (Å²) in [6, 6.07) is 13.5. The second-order valence-electron chi connectivity index (χ2n) is 4.05. The van der Waals surface area contributed by atoms with Gasteiger partial charge in [0.1, 0.15) is 11.4 Å². The molecule has 6 nitrogen and oxygen atoms in total. The molecule has 0 unspecified atom stereocenters. The van der Waals surface area contributed by atoms with Gasteiger partial charge in [0.15, 0.2) is 5.11 Å². The van der Waals surface area contributed by atoms with Crippen molar-refractivity contribution in [2.24, 2.45) is 0 Å². The quantitative estimate of drug-likeness (QED) is 0.512. The lowest BCUT2D eigenvalue weighted by molar-refractivity contribution is -0.383. The van der Waals surface area contributed by atoms with Gasteiger partial charge in [0, 0.05) is 6.07 Å². The van der Waals surface area contributed by atoms with Crippen molar-refractivity contribution < 1.29 is 9.66 Å².